The normalized spacial score (nSPS) is 46.0. The quantitative estimate of drug-likeness (QED) is 0.543. The molecule has 5 heteroatoms. The van der Waals surface area contributed by atoms with Gasteiger partial charge in [-0.15, -0.1) is 0 Å². The van der Waals surface area contributed by atoms with Gasteiger partial charge in [-0.25, -0.2) is 0 Å². The molecule has 4 N–H and O–H groups in total. The van der Waals surface area contributed by atoms with Crippen molar-refractivity contribution in [1.82, 2.24) is 0 Å². The van der Waals surface area contributed by atoms with Crippen LogP contribution < -0.4 is 14.5 Å². The van der Waals surface area contributed by atoms with Crippen molar-refractivity contribution in [2.24, 2.45) is 10.8 Å². The van der Waals surface area contributed by atoms with Gasteiger partial charge < -0.3 is 14.9 Å². The first-order valence-corrected chi connectivity index (χ1v) is 8.10. The van der Waals surface area contributed by atoms with Crippen LogP contribution in [0.25, 0.3) is 0 Å². The van der Waals surface area contributed by atoms with Gasteiger partial charge >= 0.3 is 0 Å². The minimum Gasteiger partial charge on any atom is -0.504 e. The minimum absolute atomic E-state index is 0.0213. The van der Waals surface area contributed by atoms with E-state index in [0.29, 0.717) is 11.9 Å². The van der Waals surface area contributed by atoms with Gasteiger partial charge in [-0.1, -0.05) is 0 Å². The van der Waals surface area contributed by atoms with Crippen LogP contribution in [-0.2, 0) is 0 Å². The van der Waals surface area contributed by atoms with Crippen LogP contribution in [0.1, 0.15) is 25.6 Å². The van der Waals surface area contributed by atoms with Gasteiger partial charge in [0, 0.05) is 0 Å². The first kappa shape index (κ1) is 14.3. The smallest absolute Gasteiger partial charge is 0.240 e. The summed E-state index contributed by atoms with van der Waals surface area (Å²) in [6.07, 6.45) is 0.186. The van der Waals surface area contributed by atoms with E-state index in [1.165, 1.54) is 5.56 Å². The van der Waals surface area contributed by atoms with E-state index in [1.807, 2.05) is 12.1 Å². The summed E-state index contributed by atoms with van der Waals surface area (Å²) < 4.78 is 5.28. The lowest BCUT2D eigenvalue weighted by Gasteiger charge is -2.62. The van der Waals surface area contributed by atoms with Crippen LogP contribution in [0, 0.1) is 10.8 Å². The molecular weight excluding hydrogens is 280 g/mol. The number of hydrogen-bond donors (Lipinski definition) is 4. The molecule has 4 bridgehead atoms. The maximum Gasteiger partial charge on any atom is 0.240 e. The van der Waals surface area contributed by atoms with E-state index < -0.39 is 0 Å². The molecule has 0 spiro atoms. The number of ether oxygens (including phenoxy) is 1. The molecule has 5 rings (SSSR count). The zero-order chi connectivity index (χ0) is 15.7. The molecule has 1 aromatic carbocycles. The van der Waals surface area contributed by atoms with E-state index in [-0.39, 0.29) is 22.7 Å². The van der Waals surface area contributed by atoms with Gasteiger partial charge in [0.05, 0.1) is 55.8 Å². The molecule has 0 atom stereocenters. The van der Waals surface area contributed by atoms with Crippen LogP contribution in [0.15, 0.2) is 18.2 Å². The van der Waals surface area contributed by atoms with Crippen molar-refractivity contribution in [3.05, 3.63) is 23.8 Å². The molecule has 1 aromatic rings. The monoisotopic (exact) mass is 306 g/mol. The van der Waals surface area contributed by atoms with Crippen molar-refractivity contribution in [1.29, 1.82) is 0 Å². The molecular formula is C17H26N2O3+2. The maximum atomic E-state index is 10.7. The topological polar surface area (TPSA) is 58.6 Å². The Kier molecular flexibility index (Phi) is 2.84. The van der Waals surface area contributed by atoms with E-state index in [4.69, 9.17) is 4.74 Å². The second-order valence-electron chi connectivity index (χ2n) is 8.10. The van der Waals surface area contributed by atoms with Gasteiger partial charge in [0.15, 0.2) is 11.5 Å². The summed E-state index contributed by atoms with van der Waals surface area (Å²) in [5, 5.41) is 20.6. The lowest BCUT2D eigenvalue weighted by molar-refractivity contribution is -1.19. The molecule has 4 fully saturated rings. The Balaban J connectivity index is 1.72. The van der Waals surface area contributed by atoms with Crippen LogP contribution in [-0.4, -0.2) is 49.6 Å². The van der Waals surface area contributed by atoms with Gasteiger partial charge in [-0.2, -0.15) is 0 Å². The van der Waals surface area contributed by atoms with Gasteiger partial charge in [0.1, 0.15) is 0 Å². The van der Waals surface area contributed by atoms with E-state index in [0.717, 1.165) is 26.2 Å². The highest BCUT2D eigenvalue weighted by molar-refractivity contribution is 5.42. The number of methoxy groups -OCH3 is 1. The summed E-state index contributed by atoms with van der Waals surface area (Å²) >= 11 is 0. The van der Waals surface area contributed by atoms with Crippen molar-refractivity contribution in [2.75, 3.05) is 33.3 Å². The molecule has 120 valence electrons. The van der Waals surface area contributed by atoms with Crippen molar-refractivity contribution in [3.8, 4) is 11.5 Å². The third kappa shape index (κ3) is 1.76. The second-order valence-corrected chi connectivity index (χ2v) is 8.10. The maximum absolute atomic E-state index is 10.7. The summed E-state index contributed by atoms with van der Waals surface area (Å²) in [7, 11) is 1.59. The Labute approximate surface area is 131 Å². The largest absolute Gasteiger partial charge is 0.504 e. The number of phenols is 1. The number of rotatable bonds is 2. The van der Waals surface area contributed by atoms with E-state index in [1.54, 1.807) is 23.0 Å². The van der Waals surface area contributed by atoms with Gasteiger partial charge in [-0.05, 0) is 32.0 Å². The highest BCUT2D eigenvalue weighted by Crippen LogP contribution is 2.40. The van der Waals surface area contributed by atoms with E-state index >= 15 is 0 Å². The Hall–Kier alpha value is -1.30. The van der Waals surface area contributed by atoms with E-state index in [2.05, 4.69) is 13.8 Å². The minimum atomic E-state index is -0.192. The van der Waals surface area contributed by atoms with Crippen LogP contribution >= 0.6 is 0 Å². The molecule has 0 aliphatic carbocycles. The number of piperidine rings is 2. The molecule has 5 nitrogen and oxygen atoms in total. The zero-order valence-corrected chi connectivity index (χ0v) is 13.5. The third-order valence-corrected chi connectivity index (χ3v) is 6.20. The molecule has 4 aliphatic rings. The molecule has 0 radical (unpaired) electrons. The van der Waals surface area contributed by atoms with Crippen molar-refractivity contribution < 1.29 is 24.7 Å². The third-order valence-electron chi connectivity index (χ3n) is 6.20. The molecule has 0 unspecified atom stereocenters. The Bertz CT molecular complexity index is 580. The van der Waals surface area contributed by atoms with Gasteiger partial charge in [0.2, 0.25) is 6.17 Å². The average Bonchev–Trinajstić information content (AvgIpc) is 2.45. The summed E-state index contributed by atoms with van der Waals surface area (Å²) in [5.74, 6) is 0.740. The molecule has 4 saturated heterocycles. The number of aliphatic hydroxyl groups excluding tert-OH is 1. The predicted octanol–water partition coefficient (Wildman–Crippen LogP) is -1.42. The fourth-order valence-electron chi connectivity index (χ4n) is 5.59. The van der Waals surface area contributed by atoms with Crippen LogP contribution in [0.2, 0.25) is 0 Å². The Morgan fingerprint density at radius 1 is 1.09 bits per heavy atom. The standard InChI is InChI=1S/C17H24N2O3/c1-16-7-18-9-17(2,15(16)21)10-19(8-16)14(18)11-4-5-12(20)13(6-11)22-3/h4-6,14-15,20-21H,7-10H2,1-3H3/p+2. The Morgan fingerprint density at radius 2 is 1.64 bits per heavy atom. The molecule has 22 heavy (non-hydrogen) atoms. The number of benzene rings is 1. The van der Waals surface area contributed by atoms with Crippen molar-refractivity contribution >= 4 is 0 Å². The average molecular weight is 306 g/mol. The molecule has 4 aliphatic heterocycles. The fourth-order valence-corrected chi connectivity index (χ4v) is 5.59. The van der Waals surface area contributed by atoms with Crippen molar-refractivity contribution in [2.45, 2.75) is 26.1 Å². The molecule has 4 heterocycles. The molecule has 0 aromatic heterocycles. The molecule has 0 amide bonds. The SMILES string of the molecule is COc1cc(C2[NH+]3CC4(C)C[NH+]2CC(C)(C3)C4O)ccc1O. The van der Waals surface area contributed by atoms with Crippen LogP contribution in [0.4, 0.5) is 0 Å². The second kappa shape index (κ2) is 4.37. The zero-order valence-electron chi connectivity index (χ0n) is 13.5. The molecule has 0 saturated carbocycles. The first-order chi connectivity index (χ1) is 10.4. The summed E-state index contributed by atoms with van der Waals surface area (Å²) in [6, 6.07) is 5.73. The predicted molar refractivity (Wildman–Crippen MR) is 81.0 cm³/mol. The van der Waals surface area contributed by atoms with Crippen molar-refractivity contribution in [3.63, 3.8) is 0 Å². The highest BCUT2D eigenvalue weighted by Gasteiger charge is 2.67. The number of nitrogens with one attached hydrogen (secondary N) is 2. The summed E-state index contributed by atoms with van der Waals surface area (Å²) in [5.41, 5.74) is 1.26. The number of hydrogen-bond acceptors (Lipinski definition) is 3. The number of aliphatic hydroxyl groups is 1. The Morgan fingerprint density at radius 3 is 2.14 bits per heavy atom. The van der Waals surface area contributed by atoms with Crippen LogP contribution in [0.5, 0.6) is 11.5 Å². The summed E-state index contributed by atoms with van der Waals surface area (Å²) in [6.45, 7) is 8.54. The lowest BCUT2D eigenvalue weighted by Crippen LogP contribution is -3.41. The number of quaternary nitrogens is 2. The highest BCUT2D eigenvalue weighted by atomic mass is 16.5. The van der Waals surface area contributed by atoms with Gasteiger partial charge in [-0.3, -0.25) is 9.80 Å². The van der Waals surface area contributed by atoms with Gasteiger partial charge in [0.25, 0.3) is 0 Å². The first-order valence-electron chi connectivity index (χ1n) is 8.10. The number of phenolic OH excluding ortho intramolecular Hbond substituents is 1. The summed E-state index contributed by atoms with van der Waals surface area (Å²) in [4.78, 5) is 3.10. The fraction of sp³-hybridized carbons (Fsp3) is 0.647. The van der Waals surface area contributed by atoms with E-state index in [9.17, 15) is 10.2 Å². The lowest BCUT2D eigenvalue weighted by atomic mass is 9.60. The van der Waals surface area contributed by atoms with Crippen LogP contribution in [0.3, 0.4) is 0 Å². The number of aromatic hydroxyl groups is 1.